The smallest absolute Gasteiger partial charge is 0.318 e. The van der Waals surface area contributed by atoms with E-state index in [1.807, 2.05) is 13.8 Å². The summed E-state index contributed by atoms with van der Waals surface area (Å²) in [5.74, 6) is 0.444. The second kappa shape index (κ2) is 4.84. The fourth-order valence-electron chi connectivity index (χ4n) is 0.947. The average molecular weight is 246 g/mol. The Hall–Kier alpha value is -1.07. The van der Waals surface area contributed by atoms with Crippen LogP contribution in [0.4, 0.5) is 5.82 Å². The van der Waals surface area contributed by atoms with Crippen LogP contribution >= 0.6 is 11.6 Å². The zero-order valence-electron chi connectivity index (χ0n) is 9.78. The van der Waals surface area contributed by atoms with Crippen molar-refractivity contribution in [1.82, 2.24) is 9.97 Å². The number of hydrogen-bond donors (Lipinski definition) is 2. The minimum absolute atomic E-state index is 0.230. The van der Waals surface area contributed by atoms with Crippen molar-refractivity contribution in [3.8, 4) is 6.01 Å². The lowest BCUT2D eigenvalue weighted by Gasteiger charge is -2.30. The van der Waals surface area contributed by atoms with Crippen molar-refractivity contribution in [2.24, 2.45) is 0 Å². The van der Waals surface area contributed by atoms with Gasteiger partial charge in [-0.25, -0.2) is 4.98 Å². The number of ether oxygens (including phenoxy) is 1. The Bertz CT molecular complexity index is 369. The molecule has 0 aliphatic heterocycles. The maximum absolute atomic E-state index is 9.58. The van der Waals surface area contributed by atoms with E-state index in [9.17, 15) is 5.11 Å². The van der Waals surface area contributed by atoms with E-state index in [-0.39, 0.29) is 6.01 Å². The molecule has 90 valence electrons. The standard InChI is InChI=1S/C10H16ClN3O2/c1-6(15)10(2,3)14-8-7(11)5-12-9(13-8)16-4/h5-6,15H,1-4H3,(H,12,13,14). The van der Waals surface area contributed by atoms with Crippen LogP contribution in [-0.2, 0) is 0 Å². The molecule has 1 aromatic rings. The third kappa shape index (κ3) is 2.96. The highest BCUT2D eigenvalue weighted by atomic mass is 35.5. The zero-order valence-corrected chi connectivity index (χ0v) is 10.5. The van der Waals surface area contributed by atoms with Crippen LogP contribution < -0.4 is 10.1 Å². The molecule has 0 aliphatic rings. The van der Waals surface area contributed by atoms with Crippen molar-refractivity contribution in [2.75, 3.05) is 12.4 Å². The van der Waals surface area contributed by atoms with E-state index < -0.39 is 11.6 Å². The number of hydrogen-bond acceptors (Lipinski definition) is 5. The molecule has 0 amide bonds. The second-order valence-corrected chi connectivity index (χ2v) is 4.48. The van der Waals surface area contributed by atoms with Crippen molar-refractivity contribution < 1.29 is 9.84 Å². The Morgan fingerprint density at radius 3 is 2.69 bits per heavy atom. The normalized spacial score (nSPS) is 13.4. The number of nitrogens with zero attached hydrogens (tertiary/aromatic N) is 2. The van der Waals surface area contributed by atoms with Gasteiger partial charge in [0.25, 0.3) is 0 Å². The molecule has 0 radical (unpaired) electrons. The molecule has 1 atom stereocenters. The molecule has 0 bridgehead atoms. The summed E-state index contributed by atoms with van der Waals surface area (Å²) in [7, 11) is 1.48. The molecule has 0 aromatic carbocycles. The molecule has 1 heterocycles. The molecule has 0 spiro atoms. The number of aliphatic hydroxyl groups is 1. The maximum Gasteiger partial charge on any atom is 0.318 e. The summed E-state index contributed by atoms with van der Waals surface area (Å²) < 4.78 is 4.90. The zero-order chi connectivity index (χ0) is 12.3. The molecule has 1 aromatic heterocycles. The fourth-order valence-corrected chi connectivity index (χ4v) is 1.08. The summed E-state index contributed by atoms with van der Waals surface area (Å²) in [5, 5.41) is 13.0. The number of rotatable bonds is 4. The molecule has 0 aliphatic carbocycles. The molecule has 0 saturated carbocycles. The molecular weight excluding hydrogens is 230 g/mol. The molecule has 5 nitrogen and oxygen atoms in total. The van der Waals surface area contributed by atoms with Crippen LogP contribution in [0.15, 0.2) is 6.20 Å². The van der Waals surface area contributed by atoms with E-state index in [4.69, 9.17) is 16.3 Å². The molecular formula is C10H16ClN3O2. The minimum Gasteiger partial charge on any atom is -0.467 e. The van der Waals surface area contributed by atoms with Crippen molar-refractivity contribution >= 4 is 17.4 Å². The van der Waals surface area contributed by atoms with Crippen LogP contribution in [0.25, 0.3) is 0 Å². The van der Waals surface area contributed by atoms with Crippen molar-refractivity contribution in [3.63, 3.8) is 0 Å². The van der Waals surface area contributed by atoms with E-state index in [0.717, 1.165) is 0 Å². The third-order valence-electron chi connectivity index (χ3n) is 2.39. The monoisotopic (exact) mass is 245 g/mol. The minimum atomic E-state index is -0.551. The Labute approximate surface area is 99.8 Å². The summed E-state index contributed by atoms with van der Waals surface area (Å²) >= 11 is 5.94. The topological polar surface area (TPSA) is 67.3 Å². The Morgan fingerprint density at radius 2 is 2.19 bits per heavy atom. The molecule has 0 fully saturated rings. The SMILES string of the molecule is COc1ncc(Cl)c(NC(C)(C)C(C)O)n1. The van der Waals surface area contributed by atoms with Gasteiger partial charge in [0.2, 0.25) is 0 Å². The first-order valence-electron chi connectivity index (χ1n) is 4.89. The first kappa shape index (κ1) is 13.0. The second-order valence-electron chi connectivity index (χ2n) is 4.08. The van der Waals surface area contributed by atoms with Gasteiger partial charge in [0, 0.05) is 0 Å². The number of anilines is 1. The lowest BCUT2D eigenvalue weighted by Crippen LogP contribution is -2.42. The van der Waals surface area contributed by atoms with Crippen LogP contribution in [0.1, 0.15) is 20.8 Å². The summed E-state index contributed by atoms with van der Waals surface area (Å²) in [6, 6.07) is 0.230. The van der Waals surface area contributed by atoms with Crippen LogP contribution in [0.2, 0.25) is 5.02 Å². The third-order valence-corrected chi connectivity index (χ3v) is 2.67. The predicted molar refractivity (Wildman–Crippen MR) is 63.0 cm³/mol. The van der Waals surface area contributed by atoms with Gasteiger partial charge < -0.3 is 15.2 Å². The largest absolute Gasteiger partial charge is 0.467 e. The summed E-state index contributed by atoms with van der Waals surface area (Å²) in [6.45, 7) is 5.39. The quantitative estimate of drug-likeness (QED) is 0.845. The lowest BCUT2D eigenvalue weighted by atomic mass is 9.99. The Morgan fingerprint density at radius 1 is 1.56 bits per heavy atom. The number of methoxy groups -OCH3 is 1. The van der Waals surface area contributed by atoms with Gasteiger partial charge in [-0.15, -0.1) is 0 Å². The van der Waals surface area contributed by atoms with Gasteiger partial charge >= 0.3 is 6.01 Å². The van der Waals surface area contributed by atoms with Crippen molar-refractivity contribution in [1.29, 1.82) is 0 Å². The Kier molecular flexibility index (Phi) is 3.93. The van der Waals surface area contributed by atoms with Gasteiger partial charge in [-0.1, -0.05) is 11.6 Å². The molecule has 2 N–H and O–H groups in total. The van der Waals surface area contributed by atoms with Crippen LogP contribution in [0.5, 0.6) is 6.01 Å². The number of aromatic nitrogens is 2. The van der Waals surface area contributed by atoms with Gasteiger partial charge in [0.15, 0.2) is 5.82 Å². The predicted octanol–water partition coefficient (Wildman–Crippen LogP) is 1.71. The van der Waals surface area contributed by atoms with Crippen molar-refractivity contribution in [3.05, 3.63) is 11.2 Å². The molecule has 0 saturated heterocycles. The van der Waals surface area contributed by atoms with E-state index in [1.54, 1.807) is 6.92 Å². The number of nitrogens with one attached hydrogen (secondary N) is 1. The van der Waals surface area contributed by atoms with Crippen molar-refractivity contribution in [2.45, 2.75) is 32.4 Å². The number of halogens is 1. The Balaban J connectivity index is 2.96. The van der Waals surface area contributed by atoms with Gasteiger partial charge in [-0.3, -0.25) is 0 Å². The van der Waals surface area contributed by atoms with E-state index in [1.165, 1.54) is 13.3 Å². The highest BCUT2D eigenvalue weighted by Crippen LogP contribution is 2.24. The maximum atomic E-state index is 9.58. The fraction of sp³-hybridized carbons (Fsp3) is 0.600. The summed E-state index contributed by atoms with van der Waals surface area (Å²) in [5.41, 5.74) is -0.539. The lowest BCUT2D eigenvalue weighted by molar-refractivity contribution is 0.133. The van der Waals surface area contributed by atoms with Gasteiger partial charge in [-0.05, 0) is 20.8 Å². The first-order chi connectivity index (χ1) is 7.36. The van der Waals surface area contributed by atoms with Crippen LogP contribution in [0.3, 0.4) is 0 Å². The van der Waals surface area contributed by atoms with Crippen LogP contribution in [0, 0.1) is 0 Å². The highest BCUT2D eigenvalue weighted by Gasteiger charge is 2.25. The van der Waals surface area contributed by atoms with Gasteiger partial charge in [0.1, 0.15) is 5.02 Å². The number of aliphatic hydroxyl groups excluding tert-OH is 1. The van der Waals surface area contributed by atoms with E-state index in [2.05, 4.69) is 15.3 Å². The van der Waals surface area contributed by atoms with E-state index >= 15 is 0 Å². The summed E-state index contributed by atoms with van der Waals surface area (Å²) in [4.78, 5) is 7.94. The van der Waals surface area contributed by atoms with Crippen LogP contribution in [-0.4, -0.2) is 33.8 Å². The average Bonchev–Trinajstić information content (AvgIpc) is 2.21. The van der Waals surface area contributed by atoms with E-state index in [0.29, 0.717) is 10.8 Å². The molecule has 1 unspecified atom stereocenters. The molecule has 6 heteroatoms. The molecule has 16 heavy (non-hydrogen) atoms. The summed E-state index contributed by atoms with van der Waals surface area (Å²) in [6.07, 6.45) is 0.901. The molecule has 1 rings (SSSR count). The first-order valence-corrected chi connectivity index (χ1v) is 5.27. The highest BCUT2D eigenvalue weighted by molar-refractivity contribution is 6.32. The van der Waals surface area contributed by atoms with Gasteiger partial charge in [-0.2, -0.15) is 4.98 Å². The van der Waals surface area contributed by atoms with Gasteiger partial charge in [0.05, 0.1) is 24.9 Å².